The predicted molar refractivity (Wildman–Crippen MR) is 96.0 cm³/mol. The molecule has 1 amide bonds. The summed E-state index contributed by atoms with van der Waals surface area (Å²) in [5, 5.41) is 12.2. The molecule has 0 atom stereocenters. The van der Waals surface area contributed by atoms with E-state index in [4.69, 9.17) is 11.6 Å². The normalized spacial score (nSPS) is 10.3. The number of pyridine rings is 1. The summed E-state index contributed by atoms with van der Waals surface area (Å²) in [6, 6.07) is 15.0. The molecule has 0 saturated heterocycles. The van der Waals surface area contributed by atoms with Crippen molar-refractivity contribution < 1.29 is 14.7 Å². The first-order valence-corrected chi connectivity index (χ1v) is 7.77. The molecule has 5 nitrogen and oxygen atoms in total. The van der Waals surface area contributed by atoms with E-state index in [2.05, 4.69) is 10.3 Å². The SMILES string of the molecule is O=C(Nc1ccc(Cl)cc1C(=O)O)c1cccc(-c2ccncc2)c1. The van der Waals surface area contributed by atoms with Gasteiger partial charge in [0.05, 0.1) is 11.3 Å². The molecule has 2 N–H and O–H groups in total. The fourth-order valence-electron chi connectivity index (χ4n) is 2.38. The molecule has 1 aromatic heterocycles. The largest absolute Gasteiger partial charge is 0.478 e. The number of nitrogens with zero attached hydrogens (tertiary/aromatic N) is 1. The molecule has 3 aromatic rings. The number of benzene rings is 2. The number of aromatic nitrogens is 1. The summed E-state index contributed by atoms with van der Waals surface area (Å²) < 4.78 is 0. The summed E-state index contributed by atoms with van der Waals surface area (Å²) in [5.74, 6) is -1.57. The summed E-state index contributed by atoms with van der Waals surface area (Å²) in [5.41, 5.74) is 2.34. The number of nitrogens with one attached hydrogen (secondary N) is 1. The van der Waals surface area contributed by atoms with Crippen molar-refractivity contribution >= 4 is 29.2 Å². The highest BCUT2D eigenvalue weighted by Gasteiger charge is 2.14. The van der Waals surface area contributed by atoms with E-state index in [1.807, 2.05) is 18.2 Å². The van der Waals surface area contributed by atoms with Gasteiger partial charge in [0.15, 0.2) is 0 Å². The van der Waals surface area contributed by atoms with Crippen LogP contribution in [0.2, 0.25) is 5.02 Å². The number of rotatable bonds is 4. The van der Waals surface area contributed by atoms with Crippen LogP contribution in [0, 0.1) is 0 Å². The third kappa shape index (κ3) is 3.84. The van der Waals surface area contributed by atoms with E-state index in [0.29, 0.717) is 5.56 Å². The number of anilines is 1. The maximum Gasteiger partial charge on any atom is 0.337 e. The zero-order chi connectivity index (χ0) is 17.8. The molecule has 0 aliphatic carbocycles. The van der Waals surface area contributed by atoms with Gasteiger partial charge in [-0.15, -0.1) is 0 Å². The number of carboxylic acids is 1. The van der Waals surface area contributed by atoms with E-state index in [-0.39, 0.29) is 16.3 Å². The molecule has 0 saturated carbocycles. The zero-order valence-electron chi connectivity index (χ0n) is 12.9. The van der Waals surface area contributed by atoms with Gasteiger partial charge in [-0.05, 0) is 53.6 Å². The van der Waals surface area contributed by atoms with Crippen molar-refractivity contribution in [2.75, 3.05) is 5.32 Å². The Morgan fingerprint density at radius 1 is 0.960 bits per heavy atom. The minimum absolute atomic E-state index is 0.0638. The zero-order valence-corrected chi connectivity index (χ0v) is 13.7. The van der Waals surface area contributed by atoms with Gasteiger partial charge in [0.1, 0.15) is 0 Å². The number of amides is 1. The van der Waals surface area contributed by atoms with Gasteiger partial charge in [-0.1, -0.05) is 23.7 Å². The first kappa shape index (κ1) is 16.7. The molecular formula is C19H13ClN2O3. The molecule has 0 radical (unpaired) electrons. The Labute approximate surface area is 148 Å². The van der Waals surface area contributed by atoms with Gasteiger partial charge in [-0.2, -0.15) is 0 Å². The number of hydrogen-bond donors (Lipinski definition) is 2. The minimum Gasteiger partial charge on any atom is -0.478 e. The monoisotopic (exact) mass is 352 g/mol. The average Bonchev–Trinajstić information content (AvgIpc) is 2.64. The van der Waals surface area contributed by atoms with Crippen LogP contribution >= 0.6 is 11.6 Å². The van der Waals surface area contributed by atoms with Crippen LogP contribution < -0.4 is 5.32 Å². The second-order valence-electron chi connectivity index (χ2n) is 5.27. The first-order chi connectivity index (χ1) is 12.0. The molecule has 0 aliphatic heterocycles. The first-order valence-electron chi connectivity index (χ1n) is 7.39. The highest BCUT2D eigenvalue weighted by Crippen LogP contribution is 2.23. The number of hydrogen-bond acceptors (Lipinski definition) is 3. The van der Waals surface area contributed by atoms with Crippen LogP contribution in [0.5, 0.6) is 0 Å². The number of halogens is 1. The van der Waals surface area contributed by atoms with Gasteiger partial charge in [0.2, 0.25) is 0 Å². The Morgan fingerprint density at radius 3 is 2.44 bits per heavy atom. The highest BCUT2D eigenvalue weighted by molar-refractivity contribution is 6.31. The lowest BCUT2D eigenvalue weighted by Gasteiger charge is -2.10. The van der Waals surface area contributed by atoms with E-state index in [9.17, 15) is 14.7 Å². The van der Waals surface area contributed by atoms with Crippen LogP contribution in [0.4, 0.5) is 5.69 Å². The topological polar surface area (TPSA) is 79.3 Å². The Balaban J connectivity index is 1.89. The Bertz CT molecular complexity index is 942. The molecule has 0 bridgehead atoms. The molecule has 2 aromatic carbocycles. The third-order valence-corrected chi connectivity index (χ3v) is 3.83. The number of carbonyl (C=O) groups is 2. The van der Waals surface area contributed by atoms with Crippen molar-refractivity contribution in [1.29, 1.82) is 0 Å². The molecular weight excluding hydrogens is 340 g/mol. The smallest absolute Gasteiger partial charge is 0.337 e. The van der Waals surface area contributed by atoms with Crippen LogP contribution in [0.3, 0.4) is 0 Å². The van der Waals surface area contributed by atoms with Crippen molar-refractivity contribution in [3.63, 3.8) is 0 Å². The third-order valence-electron chi connectivity index (χ3n) is 3.60. The van der Waals surface area contributed by atoms with E-state index in [0.717, 1.165) is 11.1 Å². The van der Waals surface area contributed by atoms with E-state index >= 15 is 0 Å². The standard InChI is InChI=1S/C19H13ClN2O3/c20-15-4-5-17(16(11-15)19(24)25)22-18(23)14-3-1-2-13(10-14)12-6-8-21-9-7-12/h1-11H,(H,22,23)(H,24,25). The highest BCUT2D eigenvalue weighted by atomic mass is 35.5. The van der Waals surface area contributed by atoms with Crippen LogP contribution in [0.25, 0.3) is 11.1 Å². The second-order valence-corrected chi connectivity index (χ2v) is 5.70. The predicted octanol–water partition coefficient (Wildman–Crippen LogP) is 4.35. The van der Waals surface area contributed by atoms with Crippen molar-refractivity contribution in [2.24, 2.45) is 0 Å². The number of carbonyl (C=O) groups excluding carboxylic acids is 1. The molecule has 1 heterocycles. The summed E-state index contributed by atoms with van der Waals surface area (Å²) in [4.78, 5) is 27.8. The number of carboxylic acid groups (broad SMARTS) is 1. The lowest BCUT2D eigenvalue weighted by atomic mass is 10.0. The van der Waals surface area contributed by atoms with Crippen LogP contribution in [-0.4, -0.2) is 22.0 Å². The molecule has 0 spiro atoms. The molecule has 0 fully saturated rings. The fourth-order valence-corrected chi connectivity index (χ4v) is 2.55. The summed E-state index contributed by atoms with van der Waals surface area (Å²) in [6.07, 6.45) is 3.35. The Hall–Kier alpha value is -3.18. The van der Waals surface area contributed by atoms with Crippen LogP contribution in [-0.2, 0) is 0 Å². The van der Waals surface area contributed by atoms with Gasteiger partial charge in [-0.3, -0.25) is 9.78 Å². The van der Waals surface area contributed by atoms with Gasteiger partial charge in [0.25, 0.3) is 5.91 Å². The molecule has 25 heavy (non-hydrogen) atoms. The van der Waals surface area contributed by atoms with E-state index in [1.54, 1.807) is 30.6 Å². The lowest BCUT2D eigenvalue weighted by Crippen LogP contribution is -2.14. The summed E-state index contributed by atoms with van der Waals surface area (Å²) in [7, 11) is 0. The van der Waals surface area contributed by atoms with Crippen LogP contribution in [0.1, 0.15) is 20.7 Å². The molecule has 0 aliphatic rings. The number of aromatic carboxylic acids is 1. The van der Waals surface area contributed by atoms with Crippen molar-refractivity contribution in [3.05, 3.63) is 83.1 Å². The van der Waals surface area contributed by atoms with Gasteiger partial charge < -0.3 is 10.4 Å². The van der Waals surface area contributed by atoms with Crippen molar-refractivity contribution in [2.45, 2.75) is 0 Å². The summed E-state index contributed by atoms with van der Waals surface area (Å²) >= 11 is 5.82. The fraction of sp³-hybridized carbons (Fsp3) is 0. The molecule has 0 unspecified atom stereocenters. The Morgan fingerprint density at radius 2 is 1.72 bits per heavy atom. The van der Waals surface area contributed by atoms with Gasteiger partial charge in [0, 0.05) is 23.0 Å². The summed E-state index contributed by atoms with van der Waals surface area (Å²) in [6.45, 7) is 0. The quantitative estimate of drug-likeness (QED) is 0.731. The lowest BCUT2D eigenvalue weighted by molar-refractivity contribution is 0.0698. The molecule has 3 rings (SSSR count). The second kappa shape index (κ2) is 7.15. The maximum absolute atomic E-state index is 12.5. The van der Waals surface area contributed by atoms with Crippen molar-refractivity contribution in [1.82, 2.24) is 4.98 Å². The van der Waals surface area contributed by atoms with Gasteiger partial charge >= 0.3 is 5.97 Å². The maximum atomic E-state index is 12.5. The van der Waals surface area contributed by atoms with E-state index < -0.39 is 11.9 Å². The average molecular weight is 353 g/mol. The Kier molecular flexibility index (Phi) is 4.77. The van der Waals surface area contributed by atoms with E-state index in [1.165, 1.54) is 18.2 Å². The molecule has 124 valence electrons. The van der Waals surface area contributed by atoms with Gasteiger partial charge in [-0.25, -0.2) is 4.79 Å². The molecule has 6 heteroatoms. The minimum atomic E-state index is -1.16. The van der Waals surface area contributed by atoms with Crippen molar-refractivity contribution in [3.8, 4) is 11.1 Å². The van der Waals surface area contributed by atoms with Crippen LogP contribution in [0.15, 0.2) is 67.0 Å².